The highest BCUT2D eigenvalue weighted by atomic mass is 16.5. The Morgan fingerprint density at radius 1 is 1.25 bits per heavy atom. The van der Waals surface area contributed by atoms with Crippen LogP contribution in [-0.2, 0) is 9.59 Å². The van der Waals surface area contributed by atoms with E-state index in [2.05, 4.69) is 10.6 Å². The van der Waals surface area contributed by atoms with E-state index < -0.39 is 6.04 Å². The summed E-state index contributed by atoms with van der Waals surface area (Å²) in [6, 6.07) is 4.41. The number of anilines is 2. The molecule has 0 aliphatic rings. The molecular weight excluding hydrogens is 258 g/mol. The molecule has 0 aliphatic heterocycles. The van der Waals surface area contributed by atoms with Crippen LogP contribution in [0.15, 0.2) is 18.2 Å². The Bertz CT molecular complexity index is 500. The quantitative estimate of drug-likeness (QED) is 0.762. The maximum absolute atomic E-state index is 11.9. The van der Waals surface area contributed by atoms with Gasteiger partial charge in [0.05, 0.1) is 18.8 Å². The lowest BCUT2D eigenvalue weighted by Crippen LogP contribution is -2.39. The maximum atomic E-state index is 11.9. The average molecular weight is 279 g/mol. The Morgan fingerprint density at radius 2 is 1.90 bits per heavy atom. The van der Waals surface area contributed by atoms with Crippen molar-refractivity contribution in [1.82, 2.24) is 0 Å². The molecule has 0 aromatic heterocycles. The Labute approximate surface area is 118 Å². The van der Waals surface area contributed by atoms with Crippen LogP contribution in [0, 0.1) is 5.92 Å². The normalized spacial score (nSPS) is 11.9. The Hall–Kier alpha value is -2.08. The first-order valence-corrected chi connectivity index (χ1v) is 6.37. The lowest BCUT2D eigenvalue weighted by Gasteiger charge is -2.16. The molecule has 110 valence electrons. The maximum Gasteiger partial charge on any atom is 0.241 e. The second kappa shape index (κ2) is 6.91. The molecule has 0 saturated carbocycles. The van der Waals surface area contributed by atoms with Crippen LogP contribution in [0.1, 0.15) is 20.8 Å². The first kappa shape index (κ1) is 16.0. The van der Waals surface area contributed by atoms with E-state index >= 15 is 0 Å². The predicted molar refractivity (Wildman–Crippen MR) is 78.7 cm³/mol. The van der Waals surface area contributed by atoms with E-state index in [9.17, 15) is 9.59 Å². The summed E-state index contributed by atoms with van der Waals surface area (Å²) in [5.41, 5.74) is 6.82. The average Bonchev–Trinajstić information content (AvgIpc) is 2.37. The van der Waals surface area contributed by atoms with Crippen LogP contribution >= 0.6 is 0 Å². The molecule has 20 heavy (non-hydrogen) atoms. The zero-order valence-electron chi connectivity index (χ0n) is 12.2. The minimum absolute atomic E-state index is 0.0445. The van der Waals surface area contributed by atoms with Crippen molar-refractivity contribution in [3.63, 3.8) is 0 Å². The Balaban J connectivity index is 2.91. The molecule has 1 atom stereocenters. The summed E-state index contributed by atoms with van der Waals surface area (Å²) in [5, 5.41) is 5.36. The van der Waals surface area contributed by atoms with Gasteiger partial charge < -0.3 is 21.1 Å². The summed E-state index contributed by atoms with van der Waals surface area (Å²) >= 11 is 0. The van der Waals surface area contributed by atoms with Crippen LogP contribution in [0.2, 0.25) is 0 Å². The summed E-state index contributed by atoms with van der Waals surface area (Å²) in [6.45, 7) is 5.15. The van der Waals surface area contributed by atoms with Crippen LogP contribution in [0.4, 0.5) is 11.4 Å². The number of nitrogens with two attached hydrogens (primary N) is 1. The molecule has 0 unspecified atom stereocenters. The molecule has 0 heterocycles. The highest BCUT2D eigenvalue weighted by Gasteiger charge is 2.17. The number of hydrogen-bond donors (Lipinski definition) is 3. The topological polar surface area (TPSA) is 93.4 Å². The highest BCUT2D eigenvalue weighted by molar-refractivity contribution is 5.97. The van der Waals surface area contributed by atoms with Crippen molar-refractivity contribution >= 4 is 23.2 Å². The molecule has 2 amide bonds. The number of nitrogens with one attached hydrogen (secondary N) is 2. The number of hydrogen-bond acceptors (Lipinski definition) is 4. The van der Waals surface area contributed by atoms with Crippen molar-refractivity contribution in [2.24, 2.45) is 11.7 Å². The van der Waals surface area contributed by atoms with Crippen molar-refractivity contribution in [3.8, 4) is 5.75 Å². The fourth-order valence-electron chi connectivity index (χ4n) is 1.60. The van der Waals surface area contributed by atoms with E-state index in [1.54, 1.807) is 18.2 Å². The minimum atomic E-state index is -0.582. The standard InChI is InChI=1S/C14H21N3O3/c1-8(2)13(15)14(19)17-10-5-6-12(20-4)11(7-10)16-9(3)18/h5-8,13H,15H2,1-4H3,(H,16,18)(H,17,19)/t13-/m0/s1. The van der Waals surface area contributed by atoms with Crippen LogP contribution in [0.25, 0.3) is 0 Å². The molecule has 0 fully saturated rings. The van der Waals surface area contributed by atoms with Crippen LogP contribution in [-0.4, -0.2) is 25.0 Å². The largest absolute Gasteiger partial charge is 0.495 e. The minimum Gasteiger partial charge on any atom is -0.495 e. The number of carbonyl (C=O) groups excluding carboxylic acids is 2. The number of methoxy groups -OCH3 is 1. The molecule has 1 rings (SSSR count). The summed E-state index contributed by atoms with van der Waals surface area (Å²) < 4.78 is 5.14. The number of rotatable bonds is 5. The van der Waals surface area contributed by atoms with Crippen molar-refractivity contribution in [1.29, 1.82) is 0 Å². The zero-order valence-corrected chi connectivity index (χ0v) is 12.2. The SMILES string of the molecule is COc1ccc(NC(=O)[C@@H](N)C(C)C)cc1NC(C)=O. The molecule has 6 heteroatoms. The van der Waals surface area contributed by atoms with Gasteiger partial charge in [-0.15, -0.1) is 0 Å². The molecular formula is C14H21N3O3. The molecule has 0 bridgehead atoms. The number of carbonyl (C=O) groups is 2. The Kier molecular flexibility index (Phi) is 5.52. The molecule has 0 aliphatic carbocycles. The number of benzene rings is 1. The second-order valence-corrected chi connectivity index (χ2v) is 4.86. The van der Waals surface area contributed by atoms with Gasteiger partial charge in [-0.05, 0) is 24.1 Å². The van der Waals surface area contributed by atoms with Gasteiger partial charge in [0, 0.05) is 12.6 Å². The van der Waals surface area contributed by atoms with Crippen molar-refractivity contribution < 1.29 is 14.3 Å². The van der Waals surface area contributed by atoms with Gasteiger partial charge in [0.15, 0.2) is 0 Å². The Morgan fingerprint density at radius 3 is 2.40 bits per heavy atom. The molecule has 1 aromatic rings. The summed E-state index contributed by atoms with van der Waals surface area (Å²) in [5.74, 6) is 0.0824. The summed E-state index contributed by atoms with van der Waals surface area (Å²) in [4.78, 5) is 23.0. The summed E-state index contributed by atoms with van der Waals surface area (Å²) in [6.07, 6.45) is 0. The number of amides is 2. The van der Waals surface area contributed by atoms with Crippen molar-refractivity contribution in [2.45, 2.75) is 26.8 Å². The fourth-order valence-corrected chi connectivity index (χ4v) is 1.60. The fraction of sp³-hybridized carbons (Fsp3) is 0.429. The van der Waals surface area contributed by atoms with Gasteiger partial charge in [0.1, 0.15) is 5.75 Å². The van der Waals surface area contributed by atoms with Crippen LogP contribution < -0.4 is 21.1 Å². The smallest absolute Gasteiger partial charge is 0.241 e. The second-order valence-electron chi connectivity index (χ2n) is 4.86. The molecule has 0 radical (unpaired) electrons. The van der Waals surface area contributed by atoms with Gasteiger partial charge in [0.2, 0.25) is 11.8 Å². The van der Waals surface area contributed by atoms with E-state index in [-0.39, 0.29) is 17.7 Å². The van der Waals surface area contributed by atoms with Gasteiger partial charge in [-0.2, -0.15) is 0 Å². The third-order valence-electron chi connectivity index (χ3n) is 2.80. The van der Waals surface area contributed by atoms with Crippen molar-refractivity contribution in [2.75, 3.05) is 17.7 Å². The number of ether oxygens (including phenoxy) is 1. The first-order chi connectivity index (χ1) is 9.35. The van der Waals surface area contributed by atoms with E-state index in [0.717, 1.165) is 0 Å². The van der Waals surface area contributed by atoms with E-state index in [4.69, 9.17) is 10.5 Å². The van der Waals surface area contributed by atoms with Gasteiger partial charge >= 0.3 is 0 Å². The molecule has 0 saturated heterocycles. The van der Waals surface area contributed by atoms with Gasteiger partial charge in [-0.3, -0.25) is 9.59 Å². The molecule has 0 spiro atoms. The lowest BCUT2D eigenvalue weighted by atomic mass is 10.0. The predicted octanol–water partition coefficient (Wildman–Crippen LogP) is 1.58. The third-order valence-corrected chi connectivity index (χ3v) is 2.80. The van der Waals surface area contributed by atoms with Crippen LogP contribution in [0.3, 0.4) is 0 Å². The highest BCUT2D eigenvalue weighted by Crippen LogP contribution is 2.27. The molecule has 1 aromatic carbocycles. The molecule has 4 N–H and O–H groups in total. The van der Waals surface area contributed by atoms with Gasteiger partial charge in [0.25, 0.3) is 0 Å². The van der Waals surface area contributed by atoms with Crippen molar-refractivity contribution in [3.05, 3.63) is 18.2 Å². The first-order valence-electron chi connectivity index (χ1n) is 6.37. The monoisotopic (exact) mass is 279 g/mol. The van der Waals surface area contributed by atoms with Gasteiger partial charge in [-0.1, -0.05) is 13.8 Å². The van der Waals surface area contributed by atoms with E-state index in [1.165, 1.54) is 14.0 Å². The van der Waals surface area contributed by atoms with E-state index in [0.29, 0.717) is 17.1 Å². The lowest BCUT2D eigenvalue weighted by molar-refractivity contribution is -0.118. The summed E-state index contributed by atoms with van der Waals surface area (Å²) in [7, 11) is 1.51. The van der Waals surface area contributed by atoms with E-state index in [1.807, 2.05) is 13.8 Å². The molecule has 6 nitrogen and oxygen atoms in total. The van der Waals surface area contributed by atoms with Crippen LogP contribution in [0.5, 0.6) is 5.75 Å². The third kappa shape index (κ3) is 4.24. The zero-order chi connectivity index (χ0) is 15.3. The van der Waals surface area contributed by atoms with Gasteiger partial charge in [-0.25, -0.2) is 0 Å².